The summed E-state index contributed by atoms with van der Waals surface area (Å²) in [5, 5.41) is 0. The lowest BCUT2D eigenvalue weighted by atomic mass is 10.1. The number of rotatable bonds is 3. The highest BCUT2D eigenvalue weighted by atomic mass is 16.5. The number of nitrogens with zero attached hydrogens (tertiary/aromatic N) is 2. The molecule has 1 unspecified atom stereocenters. The predicted molar refractivity (Wildman–Crippen MR) is 78.8 cm³/mol. The second-order valence-electron chi connectivity index (χ2n) is 5.54. The Morgan fingerprint density at radius 2 is 1.90 bits per heavy atom. The van der Waals surface area contributed by atoms with Crippen molar-refractivity contribution in [1.29, 1.82) is 0 Å². The number of para-hydroxylation sites is 1. The number of carbonyl (C=O) groups is 1. The molecule has 3 rings (SSSR count). The van der Waals surface area contributed by atoms with Gasteiger partial charge in [0.25, 0.3) is 0 Å². The molecule has 2 aliphatic rings. The molecule has 1 atom stereocenters. The lowest BCUT2D eigenvalue weighted by Gasteiger charge is -2.36. The molecule has 2 aliphatic heterocycles. The Labute approximate surface area is 120 Å². The van der Waals surface area contributed by atoms with Gasteiger partial charge in [0.15, 0.2) is 0 Å². The van der Waals surface area contributed by atoms with E-state index in [1.54, 1.807) is 0 Å². The first kappa shape index (κ1) is 13.4. The Kier molecular flexibility index (Phi) is 4.21. The van der Waals surface area contributed by atoms with Crippen molar-refractivity contribution in [2.45, 2.75) is 25.4 Å². The van der Waals surface area contributed by atoms with Gasteiger partial charge in [-0.3, -0.25) is 4.79 Å². The van der Waals surface area contributed by atoms with E-state index in [0.717, 1.165) is 45.6 Å². The Balaban J connectivity index is 1.49. The molecule has 1 amide bonds. The summed E-state index contributed by atoms with van der Waals surface area (Å²) in [6, 6.07) is 10.4. The van der Waals surface area contributed by atoms with Gasteiger partial charge >= 0.3 is 0 Å². The smallest absolute Gasteiger partial charge is 0.225 e. The standard InChI is InChI=1S/C16H22N2O2/c19-16(13-15-7-4-12-20-15)18-10-8-17(9-11-18)14-5-2-1-3-6-14/h1-3,5-6,15H,4,7-13H2. The summed E-state index contributed by atoms with van der Waals surface area (Å²) in [5.41, 5.74) is 1.25. The van der Waals surface area contributed by atoms with Crippen LogP contribution in [-0.2, 0) is 9.53 Å². The molecule has 1 aromatic carbocycles. The SMILES string of the molecule is O=C(CC1CCCO1)N1CCN(c2ccccc2)CC1. The van der Waals surface area contributed by atoms with Crippen molar-refractivity contribution in [2.24, 2.45) is 0 Å². The van der Waals surface area contributed by atoms with Gasteiger partial charge in [0, 0.05) is 38.5 Å². The highest BCUT2D eigenvalue weighted by Crippen LogP contribution is 2.19. The third-order valence-corrected chi connectivity index (χ3v) is 4.18. The van der Waals surface area contributed by atoms with Gasteiger partial charge in [0.2, 0.25) is 5.91 Å². The highest BCUT2D eigenvalue weighted by molar-refractivity contribution is 5.77. The first-order valence-corrected chi connectivity index (χ1v) is 7.52. The fourth-order valence-electron chi connectivity index (χ4n) is 2.98. The fourth-order valence-corrected chi connectivity index (χ4v) is 2.98. The summed E-state index contributed by atoms with van der Waals surface area (Å²) >= 11 is 0. The van der Waals surface area contributed by atoms with Gasteiger partial charge in [-0.2, -0.15) is 0 Å². The van der Waals surface area contributed by atoms with Crippen molar-refractivity contribution < 1.29 is 9.53 Å². The molecule has 0 aromatic heterocycles. The van der Waals surface area contributed by atoms with Crippen LogP contribution in [0.4, 0.5) is 5.69 Å². The van der Waals surface area contributed by atoms with Crippen LogP contribution in [0.1, 0.15) is 19.3 Å². The second-order valence-corrected chi connectivity index (χ2v) is 5.54. The summed E-state index contributed by atoms with van der Waals surface area (Å²) in [7, 11) is 0. The van der Waals surface area contributed by atoms with Gasteiger partial charge in [-0.1, -0.05) is 18.2 Å². The third-order valence-electron chi connectivity index (χ3n) is 4.18. The van der Waals surface area contributed by atoms with Crippen molar-refractivity contribution in [3.63, 3.8) is 0 Å². The summed E-state index contributed by atoms with van der Waals surface area (Å²) < 4.78 is 5.55. The summed E-state index contributed by atoms with van der Waals surface area (Å²) in [6.45, 7) is 4.29. The maximum absolute atomic E-state index is 12.2. The molecule has 0 spiro atoms. The van der Waals surface area contributed by atoms with E-state index in [0.29, 0.717) is 6.42 Å². The average molecular weight is 274 g/mol. The quantitative estimate of drug-likeness (QED) is 0.844. The predicted octanol–water partition coefficient (Wildman–Crippen LogP) is 1.90. The van der Waals surface area contributed by atoms with Crippen LogP contribution in [0.3, 0.4) is 0 Å². The van der Waals surface area contributed by atoms with E-state index >= 15 is 0 Å². The van der Waals surface area contributed by atoms with Crippen molar-refractivity contribution in [1.82, 2.24) is 4.90 Å². The van der Waals surface area contributed by atoms with Gasteiger partial charge in [-0.25, -0.2) is 0 Å². The molecule has 0 saturated carbocycles. The number of ether oxygens (including phenoxy) is 1. The van der Waals surface area contributed by atoms with Crippen LogP contribution >= 0.6 is 0 Å². The van der Waals surface area contributed by atoms with Gasteiger partial charge in [-0.15, -0.1) is 0 Å². The van der Waals surface area contributed by atoms with E-state index in [1.165, 1.54) is 5.69 Å². The van der Waals surface area contributed by atoms with Crippen LogP contribution in [-0.4, -0.2) is 49.7 Å². The summed E-state index contributed by atoms with van der Waals surface area (Å²) in [5.74, 6) is 0.254. The van der Waals surface area contributed by atoms with Crippen molar-refractivity contribution in [2.75, 3.05) is 37.7 Å². The number of hydrogen-bond acceptors (Lipinski definition) is 3. The van der Waals surface area contributed by atoms with E-state index in [9.17, 15) is 4.79 Å². The van der Waals surface area contributed by atoms with E-state index in [-0.39, 0.29) is 12.0 Å². The van der Waals surface area contributed by atoms with E-state index in [4.69, 9.17) is 4.74 Å². The first-order valence-electron chi connectivity index (χ1n) is 7.52. The minimum atomic E-state index is 0.162. The Bertz CT molecular complexity index is 435. The van der Waals surface area contributed by atoms with Gasteiger partial charge < -0.3 is 14.5 Å². The zero-order valence-electron chi connectivity index (χ0n) is 11.8. The molecule has 4 nitrogen and oxygen atoms in total. The largest absolute Gasteiger partial charge is 0.378 e. The minimum Gasteiger partial charge on any atom is -0.378 e. The Morgan fingerprint density at radius 1 is 1.15 bits per heavy atom. The zero-order valence-corrected chi connectivity index (χ0v) is 11.8. The number of anilines is 1. The molecule has 0 N–H and O–H groups in total. The zero-order chi connectivity index (χ0) is 13.8. The molecule has 2 fully saturated rings. The molecule has 0 radical (unpaired) electrons. The van der Waals surface area contributed by atoms with E-state index < -0.39 is 0 Å². The second kappa shape index (κ2) is 6.27. The molecule has 108 valence electrons. The molecular weight excluding hydrogens is 252 g/mol. The molecular formula is C16H22N2O2. The highest BCUT2D eigenvalue weighted by Gasteiger charge is 2.25. The monoisotopic (exact) mass is 274 g/mol. The van der Waals surface area contributed by atoms with E-state index in [2.05, 4.69) is 29.2 Å². The Morgan fingerprint density at radius 3 is 2.55 bits per heavy atom. The van der Waals surface area contributed by atoms with Crippen LogP contribution in [0.25, 0.3) is 0 Å². The van der Waals surface area contributed by atoms with Crippen LogP contribution in [0, 0.1) is 0 Å². The summed E-state index contributed by atoms with van der Waals surface area (Å²) in [6.07, 6.45) is 2.86. The minimum absolute atomic E-state index is 0.162. The number of hydrogen-bond donors (Lipinski definition) is 0. The van der Waals surface area contributed by atoms with Crippen molar-refractivity contribution >= 4 is 11.6 Å². The van der Waals surface area contributed by atoms with Crippen LogP contribution in [0.2, 0.25) is 0 Å². The maximum atomic E-state index is 12.2. The molecule has 2 heterocycles. The molecule has 0 bridgehead atoms. The first-order chi connectivity index (χ1) is 9.83. The molecule has 0 aliphatic carbocycles. The van der Waals surface area contributed by atoms with Gasteiger partial charge in [0.1, 0.15) is 0 Å². The Hall–Kier alpha value is -1.55. The maximum Gasteiger partial charge on any atom is 0.225 e. The number of amides is 1. The lowest BCUT2D eigenvalue weighted by Crippen LogP contribution is -2.49. The third kappa shape index (κ3) is 3.12. The molecule has 2 saturated heterocycles. The van der Waals surface area contributed by atoms with E-state index in [1.807, 2.05) is 11.0 Å². The number of carbonyl (C=O) groups excluding carboxylic acids is 1. The normalized spacial score (nSPS) is 23.1. The van der Waals surface area contributed by atoms with Crippen LogP contribution in [0.5, 0.6) is 0 Å². The van der Waals surface area contributed by atoms with Gasteiger partial charge in [-0.05, 0) is 25.0 Å². The topological polar surface area (TPSA) is 32.8 Å². The lowest BCUT2D eigenvalue weighted by molar-refractivity contribution is -0.133. The van der Waals surface area contributed by atoms with Crippen molar-refractivity contribution in [3.8, 4) is 0 Å². The van der Waals surface area contributed by atoms with Crippen LogP contribution < -0.4 is 4.90 Å². The molecule has 4 heteroatoms. The van der Waals surface area contributed by atoms with Crippen molar-refractivity contribution in [3.05, 3.63) is 30.3 Å². The molecule has 20 heavy (non-hydrogen) atoms. The number of benzene rings is 1. The average Bonchev–Trinajstić information content (AvgIpc) is 3.01. The molecule has 1 aromatic rings. The fraction of sp³-hybridized carbons (Fsp3) is 0.562. The summed E-state index contributed by atoms with van der Waals surface area (Å²) in [4.78, 5) is 16.6. The van der Waals surface area contributed by atoms with Crippen LogP contribution in [0.15, 0.2) is 30.3 Å². The van der Waals surface area contributed by atoms with Gasteiger partial charge in [0.05, 0.1) is 12.5 Å². The number of piperazine rings is 1.